The van der Waals surface area contributed by atoms with E-state index in [4.69, 9.17) is 5.11 Å². The van der Waals surface area contributed by atoms with Crippen molar-refractivity contribution >= 4 is 16.9 Å². The van der Waals surface area contributed by atoms with E-state index in [9.17, 15) is 4.79 Å². The fraction of sp³-hybridized carbons (Fsp3) is 0.438. The molecule has 1 aromatic carbocycles. The van der Waals surface area contributed by atoms with Gasteiger partial charge < -0.3 is 9.67 Å². The SMILES string of the molecule is Cc1cc(C)c2c(CCCC(=O)O)c(C)n(C)c2c1. The summed E-state index contributed by atoms with van der Waals surface area (Å²) in [6.45, 7) is 6.36. The molecule has 0 amide bonds. The smallest absolute Gasteiger partial charge is 0.303 e. The Morgan fingerprint density at radius 3 is 2.58 bits per heavy atom. The van der Waals surface area contributed by atoms with E-state index in [1.807, 2.05) is 0 Å². The molecule has 1 N–H and O–H groups in total. The van der Waals surface area contributed by atoms with Crippen molar-refractivity contribution in [3.63, 3.8) is 0 Å². The largest absolute Gasteiger partial charge is 0.481 e. The number of carboxylic acids is 1. The first kappa shape index (κ1) is 13.7. The summed E-state index contributed by atoms with van der Waals surface area (Å²) in [5.74, 6) is -0.717. The van der Waals surface area contributed by atoms with Gasteiger partial charge in [-0.3, -0.25) is 4.79 Å². The lowest BCUT2D eigenvalue weighted by Gasteiger charge is -2.04. The molecule has 3 nitrogen and oxygen atoms in total. The summed E-state index contributed by atoms with van der Waals surface area (Å²) in [6, 6.07) is 4.40. The maximum atomic E-state index is 10.6. The van der Waals surface area contributed by atoms with E-state index >= 15 is 0 Å². The molecule has 0 spiro atoms. The molecule has 2 rings (SSSR count). The fourth-order valence-corrected chi connectivity index (χ4v) is 2.89. The number of carboxylic acid groups (broad SMARTS) is 1. The Morgan fingerprint density at radius 2 is 1.95 bits per heavy atom. The molecule has 0 atom stereocenters. The van der Waals surface area contributed by atoms with Crippen LogP contribution in [0, 0.1) is 20.8 Å². The van der Waals surface area contributed by atoms with Gasteiger partial charge in [0.2, 0.25) is 0 Å². The maximum absolute atomic E-state index is 10.6. The minimum atomic E-state index is -0.717. The van der Waals surface area contributed by atoms with E-state index in [0.717, 1.165) is 6.42 Å². The number of hydrogen-bond donors (Lipinski definition) is 1. The highest BCUT2D eigenvalue weighted by molar-refractivity contribution is 5.89. The molecule has 1 aromatic heterocycles. The molecule has 2 aromatic rings. The Morgan fingerprint density at radius 1 is 1.26 bits per heavy atom. The molecule has 0 aliphatic carbocycles. The molecule has 0 saturated carbocycles. The summed E-state index contributed by atoms with van der Waals surface area (Å²) in [4.78, 5) is 10.6. The zero-order chi connectivity index (χ0) is 14.2. The van der Waals surface area contributed by atoms with E-state index in [0.29, 0.717) is 6.42 Å². The summed E-state index contributed by atoms with van der Waals surface area (Å²) < 4.78 is 2.21. The van der Waals surface area contributed by atoms with Crippen molar-refractivity contribution in [1.29, 1.82) is 0 Å². The second kappa shape index (κ2) is 5.08. The quantitative estimate of drug-likeness (QED) is 0.913. The summed E-state index contributed by atoms with van der Waals surface area (Å²) in [7, 11) is 2.08. The molecule has 0 bridgehead atoms. The first-order valence-electron chi connectivity index (χ1n) is 6.68. The Labute approximate surface area is 113 Å². The minimum absolute atomic E-state index is 0.237. The average Bonchev–Trinajstić information content (AvgIpc) is 2.54. The standard InChI is InChI=1S/C16H21NO2/c1-10-8-11(2)16-13(6-5-7-15(18)19)12(3)17(4)14(16)9-10/h8-9H,5-7H2,1-4H3,(H,18,19). The molecule has 19 heavy (non-hydrogen) atoms. The Balaban J connectivity index is 2.48. The van der Waals surface area contributed by atoms with E-state index in [-0.39, 0.29) is 6.42 Å². The lowest BCUT2D eigenvalue weighted by Crippen LogP contribution is -1.97. The molecule has 3 heteroatoms. The van der Waals surface area contributed by atoms with E-state index < -0.39 is 5.97 Å². The molecule has 0 unspecified atom stereocenters. The Bertz CT molecular complexity index is 638. The predicted octanol–water partition coefficient (Wildman–Crippen LogP) is 3.51. The molecule has 0 aliphatic rings. The van der Waals surface area contributed by atoms with Crippen LogP contribution in [0.2, 0.25) is 0 Å². The van der Waals surface area contributed by atoms with Gasteiger partial charge in [0.15, 0.2) is 0 Å². The average molecular weight is 259 g/mol. The highest BCUT2D eigenvalue weighted by atomic mass is 16.4. The molecule has 0 radical (unpaired) electrons. The third kappa shape index (κ3) is 2.50. The molecular weight excluding hydrogens is 238 g/mol. The zero-order valence-electron chi connectivity index (χ0n) is 12.1. The van der Waals surface area contributed by atoms with Gasteiger partial charge in [-0.15, -0.1) is 0 Å². The second-order valence-electron chi connectivity index (χ2n) is 5.35. The summed E-state index contributed by atoms with van der Waals surface area (Å²) in [5.41, 5.74) is 6.34. The van der Waals surface area contributed by atoms with E-state index in [1.165, 1.54) is 33.3 Å². The van der Waals surface area contributed by atoms with Crippen molar-refractivity contribution in [2.24, 2.45) is 7.05 Å². The molecular formula is C16H21NO2. The number of aromatic nitrogens is 1. The minimum Gasteiger partial charge on any atom is -0.481 e. The number of rotatable bonds is 4. The first-order valence-corrected chi connectivity index (χ1v) is 6.68. The Kier molecular flexibility index (Phi) is 3.65. The fourth-order valence-electron chi connectivity index (χ4n) is 2.89. The molecule has 0 saturated heterocycles. The number of fused-ring (bicyclic) bond motifs is 1. The maximum Gasteiger partial charge on any atom is 0.303 e. The molecule has 0 aliphatic heterocycles. The summed E-state index contributed by atoms with van der Waals surface area (Å²) >= 11 is 0. The molecule has 102 valence electrons. The Hall–Kier alpha value is -1.77. The van der Waals surface area contributed by atoms with Crippen molar-refractivity contribution in [2.45, 2.75) is 40.0 Å². The van der Waals surface area contributed by atoms with Crippen LogP contribution in [-0.4, -0.2) is 15.6 Å². The second-order valence-corrected chi connectivity index (χ2v) is 5.35. The van der Waals surface area contributed by atoms with Gasteiger partial charge >= 0.3 is 5.97 Å². The van der Waals surface area contributed by atoms with Crippen molar-refractivity contribution in [1.82, 2.24) is 4.57 Å². The molecule has 1 heterocycles. The van der Waals surface area contributed by atoms with Crippen LogP contribution in [-0.2, 0) is 18.3 Å². The van der Waals surface area contributed by atoms with Gasteiger partial charge in [0.1, 0.15) is 0 Å². The van der Waals surface area contributed by atoms with Crippen LogP contribution in [0.3, 0.4) is 0 Å². The third-order valence-corrected chi connectivity index (χ3v) is 3.88. The van der Waals surface area contributed by atoms with Gasteiger partial charge in [-0.25, -0.2) is 0 Å². The van der Waals surface area contributed by atoms with Crippen LogP contribution in [0.5, 0.6) is 0 Å². The number of hydrogen-bond acceptors (Lipinski definition) is 1. The van der Waals surface area contributed by atoms with Crippen LogP contribution in [0.15, 0.2) is 12.1 Å². The highest BCUT2D eigenvalue weighted by Crippen LogP contribution is 2.30. The van der Waals surface area contributed by atoms with Gasteiger partial charge in [-0.1, -0.05) is 6.07 Å². The topological polar surface area (TPSA) is 42.2 Å². The number of carbonyl (C=O) groups is 1. The van der Waals surface area contributed by atoms with Crippen LogP contribution in [0.4, 0.5) is 0 Å². The van der Waals surface area contributed by atoms with Crippen molar-refractivity contribution < 1.29 is 9.90 Å². The van der Waals surface area contributed by atoms with Crippen LogP contribution in [0.25, 0.3) is 10.9 Å². The van der Waals surface area contributed by atoms with Crippen LogP contribution in [0.1, 0.15) is 35.2 Å². The van der Waals surface area contributed by atoms with E-state index in [1.54, 1.807) is 0 Å². The van der Waals surface area contributed by atoms with Gasteiger partial charge in [0.05, 0.1) is 0 Å². The van der Waals surface area contributed by atoms with Gasteiger partial charge in [0.25, 0.3) is 0 Å². The van der Waals surface area contributed by atoms with Crippen molar-refractivity contribution in [2.75, 3.05) is 0 Å². The van der Waals surface area contributed by atoms with Crippen LogP contribution >= 0.6 is 0 Å². The highest BCUT2D eigenvalue weighted by Gasteiger charge is 2.14. The lowest BCUT2D eigenvalue weighted by atomic mass is 10.00. The number of aryl methyl sites for hydroxylation is 4. The normalized spacial score (nSPS) is 11.2. The first-order chi connectivity index (χ1) is 8.91. The number of benzene rings is 1. The summed E-state index contributed by atoms with van der Waals surface area (Å²) in [6.07, 6.45) is 1.77. The number of nitrogens with zero attached hydrogens (tertiary/aromatic N) is 1. The van der Waals surface area contributed by atoms with Gasteiger partial charge in [0, 0.05) is 30.1 Å². The van der Waals surface area contributed by atoms with Crippen LogP contribution < -0.4 is 0 Å². The van der Waals surface area contributed by atoms with Crippen molar-refractivity contribution in [3.8, 4) is 0 Å². The predicted molar refractivity (Wildman–Crippen MR) is 77.7 cm³/mol. The number of aliphatic carboxylic acids is 1. The summed E-state index contributed by atoms with van der Waals surface area (Å²) in [5, 5.41) is 10.1. The van der Waals surface area contributed by atoms with E-state index in [2.05, 4.69) is 44.5 Å². The zero-order valence-corrected chi connectivity index (χ0v) is 12.1. The molecule has 0 fully saturated rings. The third-order valence-electron chi connectivity index (χ3n) is 3.88. The lowest BCUT2D eigenvalue weighted by molar-refractivity contribution is -0.137. The van der Waals surface area contributed by atoms with Gasteiger partial charge in [-0.05, 0) is 56.4 Å². The van der Waals surface area contributed by atoms with Gasteiger partial charge in [-0.2, -0.15) is 0 Å². The monoisotopic (exact) mass is 259 g/mol. The van der Waals surface area contributed by atoms with Crippen molar-refractivity contribution in [3.05, 3.63) is 34.5 Å².